The molecule has 0 N–H and O–H groups in total. The predicted octanol–water partition coefficient (Wildman–Crippen LogP) is 2.94. The Balaban J connectivity index is 1.11. The van der Waals surface area contributed by atoms with E-state index in [9.17, 15) is 17.2 Å². The molecule has 2 unspecified atom stereocenters. The van der Waals surface area contributed by atoms with Crippen molar-refractivity contribution in [2.75, 3.05) is 57.0 Å². The summed E-state index contributed by atoms with van der Waals surface area (Å²) < 4.78 is 60.0. The van der Waals surface area contributed by atoms with Gasteiger partial charge in [-0.1, -0.05) is 6.92 Å². The van der Waals surface area contributed by atoms with Gasteiger partial charge >= 0.3 is 0 Å². The lowest BCUT2D eigenvalue weighted by Crippen LogP contribution is -2.47. The molecule has 0 bridgehead atoms. The van der Waals surface area contributed by atoms with E-state index >= 15 is 0 Å². The number of anilines is 1. The van der Waals surface area contributed by atoms with Crippen LogP contribution in [0.25, 0.3) is 0 Å². The summed E-state index contributed by atoms with van der Waals surface area (Å²) in [6.07, 6.45) is 7.83. The normalized spacial score (nSPS) is 25.0. The first-order valence-electron chi connectivity index (χ1n) is 13.0. The smallest absolute Gasteiger partial charge is 0.225 e. The lowest BCUT2D eigenvalue weighted by atomic mass is 10.0. The molecule has 2 aromatic rings. The van der Waals surface area contributed by atoms with E-state index in [1.54, 1.807) is 0 Å². The van der Waals surface area contributed by atoms with Gasteiger partial charge in [-0.05, 0) is 60.3 Å². The highest BCUT2D eigenvalue weighted by Crippen LogP contribution is 2.42. The van der Waals surface area contributed by atoms with E-state index in [1.807, 2.05) is 17.3 Å². The number of sulfonamides is 1. The Morgan fingerprint density at radius 2 is 1.57 bits per heavy atom. The molecule has 5 rings (SSSR count). The number of piperazine rings is 1. The number of benzene rings is 1. The van der Waals surface area contributed by atoms with Crippen LogP contribution in [0.1, 0.15) is 30.9 Å². The maximum atomic E-state index is 14.8. The number of rotatable bonds is 8. The Hall–Kier alpha value is -2.37. The maximum Gasteiger partial charge on any atom is 0.225 e. The lowest BCUT2D eigenvalue weighted by molar-refractivity contribution is 0.181. The molecule has 8 nitrogen and oxygen atoms in total. The summed E-state index contributed by atoms with van der Waals surface area (Å²) >= 11 is 0. The highest BCUT2D eigenvalue weighted by molar-refractivity contribution is 7.88. The Labute approximate surface area is 217 Å². The average molecular weight is 536 g/mol. The molecule has 0 spiro atoms. The number of fused-ring (bicyclic) bond motifs is 1. The molecular weight excluding hydrogens is 500 g/mol. The molecule has 37 heavy (non-hydrogen) atoms. The summed E-state index contributed by atoms with van der Waals surface area (Å²) in [6, 6.07) is 2.65. The van der Waals surface area contributed by atoms with Crippen molar-refractivity contribution in [2.24, 2.45) is 17.8 Å². The third-order valence-electron chi connectivity index (χ3n) is 7.96. The molecule has 0 amide bonds. The minimum Gasteiger partial charge on any atom is -0.487 e. The van der Waals surface area contributed by atoms with E-state index in [2.05, 4.69) is 21.8 Å². The zero-order valence-corrected chi connectivity index (χ0v) is 22.3. The summed E-state index contributed by atoms with van der Waals surface area (Å²) in [4.78, 5) is 13.3. The highest BCUT2D eigenvalue weighted by atomic mass is 32.2. The Morgan fingerprint density at radius 1 is 0.973 bits per heavy atom. The van der Waals surface area contributed by atoms with E-state index in [1.165, 1.54) is 22.7 Å². The fourth-order valence-corrected chi connectivity index (χ4v) is 6.77. The number of aryl methyl sites for hydroxylation is 1. The molecule has 2 atom stereocenters. The Morgan fingerprint density at radius 3 is 2.11 bits per heavy atom. The van der Waals surface area contributed by atoms with E-state index < -0.39 is 21.7 Å². The second kappa shape index (κ2) is 10.8. The van der Waals surface area contributed by atoms with Crippen molar-refractivity contribution < 1.29 is 21.9 Å². The van der Waals surface area contributed by atoms with Crippen molar-refractivity contribution in [1.29, 1.82) is 0 Å². The molecule has 3 heterocycles. The molecule has 202 valence electrons. The van der Waals surface area contributed by atoms with Crippen LogP contribution in [0, 0.1) is 29.4 Å². The fourth-order valence-electron chi connectivity index (χ4n) is 5.94. The number of aromatic nitrogens is 2. The minimum absolute atomic E-state index is 0.269. The maximum absolute atomic E-state index is 14.8. The molecule has 1 saturated carbocycles. The van der Waals surface area contributed by atoms with Gasteiger partial charge in [0.25, 0.3) is 0 Å². The van der Waals surface area contributed by atoms with Gasteiger partial charge in [-0.3, -0.25) is 4.90 Å². The monoisotopic (exact) mass is 535 g/mol. The van der Waals surface area contributed by atoms with Crippen LogP contribution >= 0.6 is 0 Å². The van der Waals surface area contributed by atoms with Crippen molar-refractivity contribution in [1.82, 2.24) is 19.2 Å². The quantitative estimate of drug-likeness (QED) is 0.514. The van der Waals surface area contributed by atoms with E-state index in [0.717, 1.165) is 43.9 Å². The number of nitrogens with zero attached hydrogens (tertiary/aromatic N) is 5. The first-order chi connectivity index (χ1) is 17.7. The number of hydrogen-bond donors (Lipinski definition) is 0. The highest BCUT2D eigenvalue weighted by Gasteiger charge is 2.42. The SMILES string of the molecule is CCc1cnc(N2CC3CC(COc4c(F)cc(CN5CCN(S(C)(=O)=O)CC5)cc4F)CC3C2)nc1. The van der Waals surface area contributed by atoms with Crippen LogP contribution in [0.15, 0.2) is 24.5 Å². The summed E-state index contributed by atoms with van der Waals surface area (Å²) in [5.41, 5.74) is 1.64. The van der Waals surface area contributed by atoms with Gasteiger partial charge in [-0.25, -0.2) is 27.2 Å². The van der Waals surface area contributed by atoms with E-state index in [-0.39, 0.29) is 11.7 Å². The van der Waals surface area contributed by atoms with Crippen molar-refractivity contribution in [3.8, 4) is 5.75 Å². The Kier molecular flexibility index (Phi) is 7.65. The van der Waals surface area contributed by atoms with Crippen molar-refractivity contribution in [2.45, 2.75) is 32.7 Å². The third-order valence-corrected chi connectivity index (χ3v) is 9.26. The van der Waals surface area contributed by atoms with Crippen molar-refractivity contribution >= 4 is 16.0 Å². The molecule has 2 saturated heterocycles. The first kappa shape index (κ1) is 26.2. The zero-order valence-electron chi connectivity index (χ0n) is 21.4. The van der Waals surface area contributed by atoms with Crippen molar-refractivity contribution in [3.05, 3.63) is 47.3 Å². The number of ether oxygens (including phenoxy) is 1. The average Bonchev–Trinajstić information content (AvgIpc) is 3.42. The molecule has 2 aliphatic heterocycles. The van der Waals surface area contributed by atoms with Crippen LogP contribution in [-0.4, -0.2) is 79.7 Å². The Bertz CT molecular complexity index is 1170. The molecule has 0 radical (unpaired) electrons. The summed E-state index contributed by atoms with van der Waals surface area (Å²) in [7, 11) is -3.22. The largest absolute Gasteiger partial charge is 0.487 e. The molecule has 11 heteroatoms. The van der Waals surface area contributed by atoms with Gasteiger partial charge in [0.2, 0.25) is 16.0 Å². The van der Waals surface area contributed by atoms with Gasteiger partial charge in [0.15, 0.2) is 17.4 Å². The van der Waals surface area contributed by atoms with Crippen molar-refractivity contribution in [3.63, 3.8) is 0 Å². The number of hydrogen-bond acceptors (Lipinski definition) is 7. The van der Waals surface area contributed by atoms with Gasteiger partial charge < -0.3 is 9.64 Å². The van der Waals surface area contributed by atoms with E-state index in [4.69, 9.17) is 4.74 Å². The molecule has 1 aromatic heterocycles. The molecule has 3 aliphatic rings. The fraction of sp³-hybridized carbons (Fsp3) is 0.615. The molecule has 1 aromatic carbocycles. The topological polar surface area (TPSA) is 78.9 Å². The molecule has 3 fully saturated rings. The summed E-state index contributed by atoms with van der Waals surface area (Å²) in [5, 5.41) is 0. The van der Waals surface area contributed by atoms with Crippen LogP contribution < -0.4 is 9.64 Å². The van der Waals surface area contributed by atoms with Gasteiger partial charge in [0.1, 0.15) is 0 Å². The van der Waals surface area contributed by atoms with Crippen LogP contribution in [0.3, 0.4) is 0 Å². The summed E-state index contributed by atoms with van der Waals surface area (Å²) in [6.45, 7) is 6.35. The number of halogens is 2. The molecule has 1 aliphatic carbocycles. The minimum atomic E-state index is -3.22. The van der Waals surface area contributed by atoms with Crippen LogP contribution in [0.2, 0.25) is 0 Å². The summed E-state index contributed by atoms with van der Waals surface area (Å²) in [5.74, 6) is 0.384. The standard InChI is InChI=1S/C26H35F2N5O3S/c1-3-18-12-29-26(30-13-18)32-15-21-8-20(9-22(21)16-32)17-36-25-23(27)10-19(11-24(25)28)14-31-4-6-33(7-5-31)37(2,34)35/h10-13,20-22H,3-9,14-17H2,1-2H3. The lowest BCUT2D eigenvalue weighted by Gasteiger charge is -2.33. The second-order valence-corrected chi connectivity index (χ2v) is 12.6. The van der Waals surface area contributed by atoms with E-state index in [0.29, 0.717) is 56.7 Å². The first-order valence-corrected chi connectivity index (χ1v) is 14.9. The van der Waals surface area contributed by atoms with Crippen LogP contribution in [0.5, 0.6) is 5.75 Å². The van der Waals surface area contributed by atoms with Gasteiger partial charge in [0, 0.05) is 58.2 Å². The van der Waals surface area contributed by atoms with Gasteiger partial charge in [-0.15, -0.1) is 0 Å². The second-order valence-electron chi connectivity index (χ2n) is 10.6. The molecular formula is C26H35F2N5O3S. The van der Waals surface area contributed by atoms with Gasteiger partial charge in [-0.2, -0.15) is 4.31 Å². The van der Waals surface area contributed by atoms with Crippen LogP contribution in [-0.2, 0) is 23.0 Å². The zero-order chi connectivity index (χ0) is 26.2. The van der Waals surface area contributed by atoms with Gasteiger partial charge in [0.05, 0.1) is 12.9 Å². The predicted molar refractivity (Wildman–Crippen MR) is 137 cm³/mol. The van der Waals surface area contributed by atoms with Crippen LogP contribution in [0.4, 0.5) is 14.7 Å². The third kappa shape index (κ3) is 6.04.